The fraction of sp³-hybridized carbons (Fsp3) is 0.529. The average molecular weight is 307 g/mol. The van der Waals surface area contributed by atoms with E-state index >= 15 is 0 Å². The van der Waals surface area contributed by atoms with E-state index in [1.807, 2.05) is 18.2 Å². The lowest BCUT2D eigenvalue weighted by molar-refractivity contribution is 0.133. The molecule has 2 atom stereocenters. The van der Waals surface area contributed by atoms with E-state index in [1.54, 1.807) is 11.8 Å². The van der Waals surface area contributed by atoms with Crippen LogP contribution in [-0.2, 0) is 0 Å². The normalized spacial score (nSPS) is 14.2. The molecule has 0 aliphatic heterocycles. The number of benzene rings is 1. The van der Waals surface area contributed by atoms with Crippen molar-refractivity contribution >= 4 is 19.8 Å². The van der Waals surface area contributed by atoms with E-state index < -0.39 is 8.07 Å². The summed E-state index contributed by atoms with van der Waals surface area (Å²) < 4.78 is 0. The fourth-order valence-electron chi connectivity index (χ4n) is 1.76. The zero-order valence-electron chi connectivity index (χ0n) is 13.0. The first-order chi connectivity index (χ1) is 9.42. The molecule has 110 valence electrons. The summed E-state index contributed by atoms with van der Waals surface area (Å²) >= 11 is 1.79. The Morgan fingerprint density at radius 2 is 1.85 bits per heavy atom. The molecule has 1 rings (SSSR count). The number of thioether (sulfide) groups is 1. The van der Waals surface area contributed by atoms with Crippen LogP contribution in [0.2, 0.25) is 19.6 Å². The van der Waals surface area contributed by atoms with Crippen LogP contribution in [0.3, 0.4) is 0 Å². The summed E-state index contributed by atoms with van der Waals surface area (Å²) in [6.07, 6.45) is 1.53. The van der Waals surface area contributed by atoms with E-state index in [-0.39, 0.29) is 12.0 Å². The highest BCUT2D eigenvalue weighted by molar-refractivity contribution is 7.99. The minimum atomic E-state index is -1.38. The number of hydrogen-bond donors (Lipinski definition) is 1. The van der Waals surface area contributed by atoms with Crippen molar-refractivity contribution in [3.05, 3.63) is 30.3 Å². The summed E-state index contributed by atoms with van der Waals surface area (Å²) in [5, 5.41) is 10.3. The zero-order chi connectivity index (χ0) is 15.0. The van der Waals surface area contributed by atoms with Crippen molar-refractivity contribution in [3.63, 3.8) is 0 Å². The molecule has 0 aliphatic rings. The molecule has 1 aromatic rings. The molecule has 0 saturated carbocycles. The van der Waals surface area contributed by atoms with Crippen LogP contribution in [0.25, 0.3) is 0 Å². The van der Waals surface area contributed by atoms with Crippen LogP contribution in [0, 0.1) is 17.4 Å². The van der Waals surface area contributed by atoms with Crippen molar-refractivity contribution in [1.29, 1.82) is 0 Å². The van der Waals surface area contributed by atoms with Crippen molar-refractivity contribution < 1.29 is 5.11 Å². The topological polar surface area (TPSA) is 20.2 Å². The monoisotopic (exact) mass is 306 g/mol. The lowest BCUT2D eigenvalue weighted by Gasteiger charge is -2.18. The Labute approximate surface area is 129 Å². The van der Waals surface area contributed by atoms with Gasteiger partial charge >= 0.3 is 0 Å². The van der Waals surface area contributed by atoms with Gasteiger partial charge in [0.25, 0.3) is 0 Å². The van der Waals surface area contributed by atoms with Crippen molar-refractivity contribution in [2.24, 2.45) is 5.92 Å². The van der Waals surface area contributed by atoms with Crippen LogP contribution < -0.4 is 0 Å². The van der Waals surface area contributed by atoms with Gasteiger partial charge in [-0.1, -0.05) is 51.2 Å². The molecule has 1 N–H and O–H groups in total. The molecule has 0 aromatic heterocycles. The van der Waals surface area contributed by atoms with Crippen molar-refractivity contribution in [1.82, 2.24) is 0 Å². The number of rotatable bonds is 6. The summed E-state index contributed by atoms with van der Waals surface area (Å²) in [4.78, 5) is 1.25. The fourth-order valence-corrected chi connectivity index (χ4v) is 3.40. The molecule has 0 radical (unpaired) electrons. The molecule has 0 fully saturated rings. The third-order valence-corrected chi connectivity index (χ3v) is 4.88. The Morgan fingerprint density at radius 3 is 2.40 bits per heavy atom. The van der Waals surface area contributed by atoms with Crippen LogP contribution in [-0.4, -0.2) is 25.0 Å². The molecule has 0 amide bonds. The largest absolute Gasteiger partial charge is 0.392 e. The van der Waals surface area contributed by atoms with Gasteiger partial charge in [0.2, 0.25) is 0 Å². The predicted molar refractivity (Wildman–Crippen MR) is 92.7 cm³/mol. The Hall–Kier alpha value is -0.693. The third-order valence-electron chi connectivity index (χ3n) is 2.85. The first-order valence-corrected chi connectivity index (χ1v) is 11.8. The molecule has 0 aliphatic carbocycles. The van der Waals surface area contributed by atoms with Crippen LogP contribution in [0.15, 0.2) is 35.2 Å². The summed E-state index contributed by atoms with van der Waals surface area (Å²) in [7, 11) is -1.38. The summed E-state index contributed by atoms with van der Waals surface area (Å²) in [6.45, 7) is 8.84. The lowest BCUT2D eigenvalue weighted by Crippen LogP contribution is -2.23. The Balaban J connectivity index is 2.69. The van der Waals surface area contributed by atoms with E-state index in [0.717, 1.165) is 18.6 Å². The van der Waals surface area contributed by atoms with E-state index in [9.17, 15) is 5.11 Å². The Kier molecular flexibility index (Phi) is 7.43. The van der Waals surface area contributed by atoms with Crippen molar-refractivity contribution in [2.75, 3.05) is 5.75 Å². The van der Waals surface area contributed by atoms with Crippen molar-refractivity contribution in [3.8, 4) is 11.5 Å². The molecule has 0 heterocycles. The van der Waals surface area contributed by atoms with Gasteiger partial charge in [0.05, 0.1) is 12.0 Å². The average Bonchev–Trinajstić information content (AvgIpc) is 2.39. The summed E-state index contributed by atoms with van der Waals surface area (Å²) in [5.41, 5.74) is 3.41. The molecule has 0 unspecified atom stereocenters. The van der Waals surface area contributed by atoms with E-state index in [1.165, 1.54) is 4.90 Å². The van der Waals surface area contributed by atoms with E-state index in [4.69, 9.17) is 0 Å². The van der Waals surface area contributed by atoms with Crippen LogP contribution in [0.5, 0.6) is 0 Å². The second-order valence-electron chi connectivity index (χ2n) is 6.11. The molecular weight excluding hydrogens is 280 g/mol. The first-order valence-electron chi connectivity index (χ1n) is 7.31. The molecule has 0 spiro atoms. The molecule has 20 heavy (non-hydrogen) atoms. The third kappa shape index (κ3) is 7.19. The molecule has 0 saturated heterocycles. The van der Waals surface area contributed by atoms with Gasteiger partial charge in [-0.15, -0.1) is 23.2 Å². The first kappa shape index (κ1) is 17.4. The minimum Gasteiger partial charge on any atom is -0.392 e. The minimum absolute atomic E-state index is 0.0758. The molecule has 1 nitrogen and oxygen atoms in total. The second kappa shape index (κ2) is 8.56. The molecule has 3 heteroatoms. The standard InChI is InChI=1S/C17H26OSSi/c1-5-9-17(18)15(12-13-20(2,3)4)14-19-16-10-7-6-8-11-16/h6-8,10-11,15,17-18H,5,9,14H2,1-4H3/t15-,17-/m0/s1. The highest BCUT2D eigenvalue weighted by Gasteiger charge is 2.17. The van der Waals surface area contributed by atoms with Crippen LogP contribution >= 0.6 is 11.8 Å². The summed E-state index contributed by atoms with van der Waals surface area (Å²) in [5.74, 6) is 4.29. The van der Waals surface area contributed by atoms with Crippen LogP contribution in [0.4, 0.5) is 0 Å². The van der Waals surface area contributed by atoms with Crippen molar-refractivity contribution in [2.45, 2.75) is 50.4 Å². The van der Waals surface area contributed by atoms with Gasteiger partial charge in [0, 0.05) is 10.6 Å². The van der Waals surface area contributed by atoms with Crippen LogP contribution in [0.1, 0.15) is 19.8 Å². The zero-order valence-corrected chi connectivity index (χ0v) is 14.8. The molecular formula is C17H26OSSi. The van der Waals surface area contributed by atoms with Gasteiger partial charge in [0.15, 0.2) is 0 Å². The van der Waals surface area contributed by atoms with Gasteiger partial charge in [-0.05, 0) is 18.6 Å². The van der Waals surface area contributed by atoms with E-state index in [0.29, 0.717) is 0 Å². The summed E-state index contributed by atoms with van der Waals surface area (Å²) in [6, 6.07) is 10.3. The SMILES string of the molecule is CCC[C@H](O)[C@@H](C#C[Si](C)(C)C)CSc1ccccc1. The molecule has 0 bridgehead atoms. The second-order valence-corrected chi connectivity index (χ2v) is 11.9. The van der Waals surface area contributed by atoms with Gasteiger partial charge in [0.1, 0.15) is 8.07 Å². The highest BCUT2D eigenvalue weighted by Crippen LogP contribution is 2.23. The maximum Gasteiger partial charge on any atom is 0.129 e. The smallest absolute Gasteiger partial charge is 0.129 e. The maximum atomic E-state index is 10.3. The van der Waals surface area contributed by atoms with Gasteiger partial charge in [-0.3, -0.25) is 0 Å². The highest BCUT2D eigenvalue weighted by atomic mass is 32.2. The number of aliphatic hydroxyl groups is 1. The maximum absolute atomic E-state index is 10.3. The Morgan fingerprint density at radius 1 is 1.20 bits per heavy atom. The lowest BCUT2D eigenvalue weighted by atomic mass is 10.0. The van der Waals surface area contributed by atoms with Gasteiger partial charge < -0.3 is 5.11 Å². The predicted octanol–water partition coefficient (Wildman–Crippen LogP) is 4.44. The van der Waals surface area contributed by atoms with Gasteiger partial charge in [-0.2, -0.15) is 0 Å². The molecule has 1 aromatic carbocycles. The number of hydrogen-bond acceptors (Lipinski definition) is 2. The quantitative estimate of drug-likeness (QED) is 0.476. The van der Waals surface area contributed by atoms with E-state index in [2.05, 4.69) is 50.2 Å². The van der Waals surface area contributed by atoms with Gasteiger partial charge in [-0.25, -0.2) is 0 Å². The number of aliphatic hydroxyl groups excluding tert-OH is 1. The Bertz CT molecular complexity index is 442.